The lowest BCUT2D eigenvalue weighted by atomic mass is 10.0. The maximum atomic E-state index is 13.6. The van der Waals surface area contributed by atoms with Crippen LogP contribution in [0.25, 0.3) is 0 Å². The lowest BCUT2D eigenvalue weighted by Gasteiger charge is -2.38. The number of halogens is 2. The summed E-state index contributed by atoms with van der Waals surface area (Å²) in [5.41, 5.74) is 3.73. The van der Waals surface area contributed by atoms with Crippen LogP contribution in [0, 0.1) is 5.82 Å². The smallest absolute Gasteiger partial charge is 0.262 e. The van der Waals surface area contributed by atoms with Crippen LogP contribution in [0.2, 0.25) is 5.02 Å². The summed E-state index contributed by atoms with van der Waals surface area (Å²) in [4.78, 5) is 15.3. The average molecular weight is 503 g/mol. The van der Waals surface area contributed by atoms with Crippen molar-refractivity contribution in [3.63, 3.8) is 0 Å². The van der Waals surface area contributed by atoms with E-state index in [2.05, 4.69) is 5.32 Å². The van der Waals surface area contributed by atoms with E-state index >= 15 is 0 Å². The lowest BCUT2D eigenvalue weighted by Crippen LogP contribution is -2.43. The highest BCUT2D eigenvalue weighted by atomic mass is 35.5. The van der Waals surface area contributed by atoms with E-state index < -0.39 is 6.17 Å². The molecule has 1 N–H and O–H groups in total. The Morgan fingerprint density at radius 2 is 1.67 bits per heavy atom. The molecular formula is C29H24ClFN2O3. The van der Waals surface area contributed by atoms with E-state index in [1.54, 1.807) is 29.2 Å². The van der Waals surface area contributed by atoms with Gasteiger partial charge in [0.05, 0.1) is 12.2 Å². The molecular weight excluding hydrogens is 479 g/mol. The van der Waals surface area contributed by atoms with Crippen molar-refractivity contribution in [3.05, 3.63) is 119 Å². The van der Waals surface area contributed by atoms with Gasteiger partial charge in [-0.2, -0.15) is 0 Å². The molecule has 0 fully saturated rings. The molecule has 1 atom stereocenters. The number of amides is 1. The van der Waals surface area contributed by atoms with Crippen LogP contribution in [0.4, 0.5) is 15.8 Å². The van der Waals surface area contributed by atoms with E-state index in [0.29, 0.717) is 34.4 Å². The van der Waals surface area contributed by atoms with Gasteiger partial charge < -0.3 is 14.8 Å². The molecule has 1 aliphatic rings. The van der Waals surface area contributed by atoms with Gasteiger partial charge >= 0.3 is 0 Å². The summed E-state index contributed by atoms with van der Waals surface area (Å²) in [6.07, 6.45) is -0.487. The Morgan fingerprint density at radius 3 is 2.42 bits per heavy atom. The monoisotopic (exact) mass is 502 g/mol. The predicted octanol–water partition coefficient (Wildman–Crippen LogP) is 7.23. The molecule has 182 valence electrons. The Bertz CT molecular complexity index is 1380. The van der Waals surface area contributed by atoms with Gasteiger partial charge in [0.1, 0.15) is 18.6 Å². The van der Waals surface area contributed by atoms with E-state index in [-0.39, 0.29) is 18.3 Å². The fourth-order valence-corrected chi connectivity index (χ4v) is 4.30. The number of carbonyl (C=O) groups excluding carboxylic acids is 1. The molecule has 0 aromatic heterocycles. The highest BCUT2D eigenvalue weighted by Crippen LogP contribution is 2.39. The van der Waals surface area contributed by atoms with Gasteiger partial charge in [0, 0.05) is 16.4 Å². The van der Waals surface area contributed by atoms with Crippen LogP contribution in [-0.2, 0) is 6.61 Å². The zero-order valence-electron chi connectivity index (χ0n) is 19.6. The van der Waals surface area contributed by atoms with E-state index in [9.17, 15) is 9.18 Å². The van der Waals surface area contributed by atoms with Gasteiger partial charge in [-0.05, 0) is 78.7 Å². The molecule has 0 unspecified atom stereocenters. The first-order chi connectivity index (χ1) is 17.5. The molecule has 4 aromatic carbocycles. The maximum Gasteiger partial charge on any atom is 0.262 e. The summed E-state index contributed by atoms with van der Waals surface area (Å²) in [7, 11) is 0. The fraction of sp³-hybridized carbons (Fsp3) is 0.138. The molecule has 1 amide bonds. The van der Waals surface area contributed by atoms with Crippen LogP contribution in [0.1, 0.15) is 34.6 Å². The predicted molar refractivity (Wildman–Crippen MR) is 139 cm³/mol. The number of nitrogens with one attached hydrogen (secondary N) is 1. The summed E-state index contributed by atoms with van der Waals surface area (Å²) in [6.45, 7) is 2.61. The third-order valence-electron chi connectivity index (χ3n) is 5.92. The fourth-order valence-electron chi connectivity index (χ4n) is 4.18. The summed E-state index contributed by atoms with van der Waals surface area (Å²) in [5, 5.41) is 4.09. The highest BCUT2D eigenvalue weighted by molar-refractivity contribution is 6.30. The van der Waals surface area contributed by atoms with Gasteiger partial charge in [-0.1, -0.05) is 41.9 Å². The molecule has 0 saturated carbocycles. The second-order valence-electron chi connectivity index (χ2n) is 8.30. The van der Waals surface area contributed by atoms with Gasteiger partial charge in [-0.3, -0.25) is 9.69 Å². The molecule has 5 rings (SSSR count). The number of anilines is 2. The normalized spacial score (nSPS) is 14.7. The SMILES string of the molecule is CCOc1cc([C@@H]2Nc3ccccc3C(=O)N2c2ccc(Cl)cc2)ccc1OCc1ccc(F)cc1. The van der Waals surface area contributed by atoms with Crippen LogP contribution in [0.15, 0.2) is 91.0 Å². The van der Waals surface area contributed by atoms with E-state index in [0.717, 1.165) is 16.8 Å². The molecule has 1 heterocycles. The lowest BCUT2D eigenvalue weighted by molar-refractivity contribution is 0.0975. The quantitative estimate of drug-likeness (QED) is 0.289. The van der Waals surface area contributed by atoms with Crippen LogP contribution < -0.4 is 19.7 Å². The summed E-state index contributed by atoms with van der Waals surface area (Å²) >= 11 is 6.11. The number of hydrogen-bond acceptors (Lipinski definition) is 4. The number of fused-ring (bicyclic) bond motifs is 1. The molecule has 0 aliphatic carbocycles. The molecule has 0 saturated heterocycles. The summed E-state index contributed by atoms with van der Waals surface area (Å²) < 4.78 is 25.1. The van der Waals surface area contributed by atoms with Gasteiger partial charge in [0.15, 0.2) is 11.5 Å². The Labute approximate surface area is 214 Å². The molecule has 5 nitrogen and oxygen atoms in total. The van der Waals surface area contributed by atoms with Crippen LogP contribution >= 0.6 is 11.6 Å². The topological polar surface area (TPSA) is 50.8 Å². The number of hydrogen-bond donors (Lipinski definition) is 1. The third kappa shape index (κ3) is 4.86. The van der Waals surface area contributed by atoms with Crippen LogP contribution in [0.5, 0.6) is 11.5 Å². The van der Waals surface area contributed by atoms with E-state index in [1.165, 1.54) is 12.1 Å². The maximum absolute atomic E-state index is 13.6. The van der Waals surface area contributed by atoms with Crippen molar-refractivity contribution in [3.8, 4) is 11.5 Å². The van der Waals surface area contributed by atoms with Crippen molar-refractivity contribution in [1.29, 1.82) is 0 Å². The second kappa shape index (κ2) is 10.3. The molecule has 0 radical (unpaired) electrons. The number of ether oxygens (including phenoxy) is 2. The van der Waals surface area contributed by atoms with Crippen molar-refractivity contribution >= 4 is 28.9 Å². The zero-order valence-corrected chi connectivity index (χ0v) is 20.3. The Hall–Kier alpha value is -4.03. The number of para-hydroxylation sites is 1. The Kier molecular flexibility index (Phi) is 6.78. The van der Waals surface area contributed by atoms with Crippen LogP contribution in [0.3, 0.4) is 0 Å². The molecule has 36 heavy (non-hydrogen) atoms. The number of nitrogens with zero attached hydrogens (tertiary/aromatic N) is 1. The third-order valence-corrected chi connectivity index (χ3v) is 6.17. The van der Waals surface area contributed by atoms with Crippen molar-refractivity contribution in [2.24, 2.45) is 0 Å². The first-order valence-corrected chi connectivity index (χ1v) is 12.0. The van der Waals surface area contributed by atoms with Crippen LogP contribution in [-0.4, -0.2) is 12.5 Å². The van der Waals surface area contributed by atoms with Gasteiger partial charge in [-0.15, -0.1) is 0 Å². The molecule has 1 aliphatic heterocycles. The zero-order chi connectivity index (χ0) is 25.1. The van der Waals surface area contributed by atoms with Gasteiger partial charge in [-0.25, -0.2) is 4.39 Å². The van der Waals surface area contributed by atoms with E-state index in [1.807, 2.05) is 61.5 Å². The Morgan fingerprint density at radius 1 is 0.917 bits per heavy atom. The highest BCUT2D eigenvalue weighted by Gasteiger charge is 2.34. The first-order valence-electron chi connectivity index (χ1n) is 11.6. The largest absolute Gasteiger partial charge is 0.490 e. The summed E-state index contributed by atoms with van der Waals surface area (Å²) in [6, 6.07) is 26.4. The molecule has 0 spiro atoms. The van der Waals surface area contributed by atoms with Crippen molar-refractivity contribution in [1.82, 2.24) is 0 Å². The molecule has 4 aromatic rings. The van der Waals surface area contributed by atoms with Crippen molar-refractivity contribution < 1.29 is 18.7 Å². The van der Waals surface area contributed by atoms with E-state index in [4.69, 9.17) is 21.1 Å². The number of benzene rings is 4. The molecule has 0 bridgehead atoms. The Balaban J connectivity index is 1.50. The van der Waals surface area contributed by atoms with Crippen molar-refractivity contribution in [2.45, 2.75) is 19.7 Å². The van der Waals surface area contributed by atoms with Gasteiger partial charge in [0.25, 0.3) is 5.91 Å². The minimum Gasteiger partial charge on any atom is -0.490 e. The number of carbonyl (C=O) groups is 1. The second-order valence-corrected chi connectivity index (χ2v) is 8.73. The minimum atomic E-state index is -0.487. The summed E-state index contributed by atoms with van der Waals surface area (Å²) in [5.74, 6) is 0.706. The standard InChI is InChI=1S/C29H24ClFN2O3/c1-2-35-27-17-20(9-16-26(27)36-18-19-7-12-22(31)13-8-19)28-32-25-6-4-3-5-24(25)29(34)33(28)23-14-10-21(30)11-15-23/h3-17,28,32H,2,18H2,1H3/t28-/m1/s1. The van der Waals surface area contributed by atoms with Crippen molar-refractivity contribution in [2.75, 3.05) is 16.8 Å². The molecule has 7 heteroatoms. The minimum absolute atomic E-state index is 0.119. The van der Waals surface area contributed by atoms with Gasteiger partial charge in [0.2, 0.25) is 0 Å². The first kappa shape index (κ1) is 23.7. The number of rotatable bonds is 7. The average Bonchev–Trinajstić information content (AvgIpc) is 2.90.